The van der Waals surface area contributed by atoms with Crippen LogP contribution in [-0.2, 0) is 0 Å². The van der Waals surface area contributed by atoms with Gasteiger partial charge in [-0.25, -0.2) is 4.39 Å². The Labute approximate surface area is 109 Å². The zero-order valence-corrected chi connectivity index (χ0v) is 10.2. The Hall–Kier alpha value is -2.56. The van der Waals surface area contributed by atoms with E-state index in [-0.39, 0.29) is 22.6 Å². The Morgan fingerprint density at radius 1 is 1.32 bits per heavy atom. The zero-order valence-electron chi connectivity index (χ0n) is 10.2. The Morgan fingerprint density at radius 2 is 2.05 bits per heavy atom. The number of ether oxygens (including phenoxy) is 1. The smallest absolute Gasteiger partial charge is 0.248 e. The fourth-order valence-electron chi connectivity index (χ4n) is 1.80. The molecular weight excluding hydrogens is 249 g/mol. The highest BCUT2D eigenvalue weighted by Gasteiger charge is 2.13. The van der Waals surface area contributed by atoms with Gasteiger partial charge in [-0.05, 0) is 29.8 Å². The standard InChI is InChI=1S/C14H12FNO3/c1-19-12-4-2-3-11(13(12)15)8-5-9(14(16)18)7-10(17)6-8/h2-7,17H,1H3,(H2,16,18). The molecule has 0 saturated carbocycles. The van der Waals surface area contributed by atoms with Crippen LogP contribution >= 0.6 is 0 Å². The summed E-state index contributed by atoms with van der Waals surface area (Å²) in [7, 11) is 1.36. The number of hydrogen-bond donors (Lipinski definition) is 2. The fraction of sp³-hybridized carbons (Fsp3) is 0.0714. The highest BCUT2D eigenvalue weighted by molar-refractivity contribution is 5.94. The minimum Gasteiger partial charge on any atom is -0.508 e. The van der Waals surface area contributed by atoms with Crippen LogP contribution in [0.3, 0.4) is 0 Å². The van der Waals surface area contributed by atoms with Crippen molar-refractivity contribution in [2.75, 3.05) is 7.11 Å². The van der Waals surface area contributed by atoms with Gasteiger partial charge in [0.1, 0.15) is 5.75 Å². The van der Waals surface area contributed by atoms with Crippen LogP contribution in [0.15, 0.2) is 36.4 Å². The van der Waals surface area contributed by atoms with Gasteiger partial charge >= 0.3 is 0 Å². The predicted octanol–water partition coefficient (Wildman–Crippen LogP) is 2.31. The van der Waals surface area contributed by atoms with Gasteiger partial charge in [-0.15, -0.1) is 0 Å². The molecule has 4 nitrogen and oxygen atoms in total. The second kappa shape index (κ2) is 4.97. The van der Waals surface area contributed by atoms with E-state index in [2.05, 4.69) is 0 Å². The van der Waals surface area contributed by atoms with E-state index in [1.807, 2.05) is 0 Å². The van der Waals surface area contributed by atoms with E-state index in [9.17, 15) is 14.3 Å². The van der Waals surface area contributed by atoms with Crippen molar-refractivity contribution in [3.05, 3.63) is 47.8 Å². The first-order valence-electron chi connectivity index (χ1n) is 5.49. The highest BCUT2D eigenvalue weighted by atomic mass is 19.1. The fourth-order valence-corrected chi connectivity index (χ4v) is 1.80. The molecule has 3 N–H and O–H groups in total. The number of hydrogen-bond acceptors (Lipinski definition) is 3. The van der Waals surface area contributed by atoms with Crippen LogP contribution in [0.2, 0.25) is 0 Å². The number of halogens is 1. The highest BCUT2D eigenvalue weighted by Crippen LogP contribution is 2.31. The molecule has 19 heavy (non-hydrogen) atoms. The number of nitrogens with two attached hydrogens (primary N) is 1. The molecule has 2 aromatic rings. The molecule has 0 unspecified atom stereocenters. The van der Waals surface area contributed by atoms with Gasteiger partial charge in [-0.1, -0.05) is 12.1 Å². The van der Waals surface area contributed by atoms with Crippen LogP contribution in [0.5, 0.6) is 11.5 Å². The molecule has 0 radical (unpaired) electrons. The summed E-state index contributed by atoms with van der Waals surface area (Å²) in [6.07, 6.45) is 0. The Balaban J connectivity index is 2.62. The van der Waals surface area contributed by atoms with E-state index in [0.29, 0.717) is 5.56 Å². The molecule has 0 bridgehead atoms. The minimum absolute atomic E-state index is 0.0847. The molecule has 1 amide bonds. The van der Waals surface area contributed by atoms with E-state index in [0.717, 1.165) is 0 Å². The van der Waals surface area contributed by atoms with Crippen molar-refractivity contribution in [2.45, 2.75) is 0 Å². The molecule has 0 aliphatic heterocycles. The summed E-state index contributed by atoms with van der Waals surface area (Å²) in [6, 6.07) is 8.62. The van der Waals surface area contributed by atoms with Gasteiger partial charge in [-0.3, -0.25) is 4.79 Å². The minimum atomic E-state index is -0.694. The number of phenolic OH excluding ortho intramolecular Hbond substituents is 1. The molecule has 0 atom stereocenters. The van der Waals surface area contributed by atoms with Crippen molar-refractivity contribution in [1.29, 1.82) is 0 Å². The summed E-state index contributed by atoms with van der Waals surface area (Å²) in [5.74, 6) is -1.33. The van der Waals surface area contributed by atoms with Crippen molar-refractivity contribution in [3.8, 4) is 22.6 Å². The average Bonchev–Trinajstić information content (AvgIpc) is 2.38. The Kier molecular flexibility index (Phi) is 3.37. The first kappa shape index (κ1) is 12.9. The van der Waals surface area contributed by atoms with Crippen molar-refractivity contribution >= 4 is 5.91 Å². The lowest BCUT2D eigenvalue weighted by atomic mass is 10.0. The van der Waals surface area contributed by atoms with E-state index in [1.165, 1.54) is 37.4 Å². The number of aromatic hydroxyl groups is 1. The van der Waals surface area contributed by atoms with E-state index in [1.54, 1.807) is 6.07 Å². The van der Waals surface area contributed by atoms with Crippen LogP contribution in [-0.4, -0.2) is 18.1 Å². The maximum atomic E-state index is 14.1. The molecule has 98 valence electrons. The van der Waals surface area contributed by atoms with Gasteiger partial charge in [-0.2, -0.15) is 0 Å². The normalized spacial score (nSPS) is 10.2. The number of carbonyl (C=O) groups is 1. The first-order valence-corrected chi connectivity index (χ1v) is 5.49. The first-order chi connectivity index (χ1) is 9.02. The molecule has 2 aromatic carbocycles. The van der Waals surface area contributed by atoms with E-state index < -0.39 is 11.7 Å². The summed E-state index contributed by atoms with van der Waals surface area (Å²) in [6.45, 7) is 0. The van der Waals surface area contributed by atoms with Crippen molar-refractivity contribution < 1.29 is 19.0 Å². The zero-order chi connectivity index (χ0) is 14.0. The van der Waals surface area contributed by atoms with Gasteiger partial charge in [0.2, 0.25) is 5.91 Å². The third-order valence-electron chi connectivity index (χ3n) is 2.70. The molecule has 0 aromatic heterocycles. The van der Waals surface area contributed by atoms with E-state index in [4.69, 9.17) is 10.5 Å². The van der Waals surface area contributed by atoms with Crippen LogP contribution < -0.4 is 10.5 Å². The van der Waals surface area contributed by atoms with Gasteiger partial charge in [0.15, 0.2) is 11.6 Å². The molecule has 0 saturated heterocycles. The monoisotopic (exact) mass is 261 g/mol. The topological polar surface area (TPSA) is 72.6 Å². The maximum absolute atomic E-state index is 14.1. The lowest BCUT2D eigenvalue weighted by molar-refractivity contribution is 0.1000. The number of carbonyl (C=O) groups excluding carboxylic acids is 1. The lowest BCUT2D eigenvalue weighted by Gasteiger charge is -2.09. The Morgan fingerprint density at radius 3 is 2.68 bits per heavy atom. The van der Waals surface area contributed by atoms with Crippen molar-refractivity contribution in [3.63, 3.8) is 0 Å². The molecule has 0 heterocycles. The van der Waals surface area contributed by atoms with Crippen LogP contribution in [0.4, 0.5) is 4.39 Å². The molecule has 2 rings (SSSR count). The van der Waals surface area contributed by atoms with E-state index >= 15 is 0 Å². The van der Waals surface area contributed by atoms with Crippen molar-refractivity contribution in [2.24, 2.45) is 5.73 Å². The number of phenols is 1. The van der Waals surface area contributed by atoms with Crippen LogP contribution in [0.25, 0.3) is 11.1 Å². The number of benzene rings is 2. The second-order valence-electron chi connectivity index (χ2n) is 3.95. The Bertz CT molecular complexity index is 641. The predicted molar refractivity (Wildman–Crippen MR) is 68.6 cm³/mol. The lowest BCUT2D eigenvalue weighted by Crippen LogP contribution is -2.10. The molecule has 0 fully saturated rings. The van der Waals surface area contributed by atoms with Crippen molar-refractivity contribution in [1.82, 2.24) is 0 Å². The number of primary amides is 1. The number of rotatable bonds is 3. The SMILES string of the molecule is COc1cccc(-c2cc(O)cc(C(N)=O)c2)c1F. The van der Waals surface area contributed by atoms with Gasteiger partial charge in [0, 0.05) is 11.1 Å². The molecule has 0 spiro atoms. The quantitative estimate of drug-likeness (QED) is 0.890. The van der Waals surface area contributed by atoms with Crippen LogP contribution in [0, 0.1) is 5.82 Å². The molecule has 5 heteroatoms. The molecule has 0 aliphatic carbocycles. The summed E-state index contributed by atoms with van der Waals surface area (Å²) >= 11 is 0. The summed E-state index contributed by atoms with van der Waals surface area (Å²) in [5.41, 5.74) is 5.84. The summed E-state index contributed by atoms with van der Waals surface area (Å²) in [5, 5.41) is 9.56. The average molecular weight is 261 g/mol. The molecular formula is C14H12FNO3. The third kappa shape index (κ3) is 2.49. The van der Waals surface area contributed by atoms with Gasteiger partial charge < -0.3 is 15.6 Å². The second-order valence-corrected chi connectivity index (χ2v) is 3.95. The largest absolute Gasteiger partial charge is 0.508 e. The third-order valence-corrected chi connectivity index (χ3v) is 2.70. The summed E-state index contributed by atoms with van der Waals surface area (Å²) in [4.78, 5) is 11.1. The number of methoxy groups -OCH3 is 1. The number of amides is 1. The maximum Gasteiger partial charge on any atom is 0.248 e. The van der Waals surface area contributed by atoms with Gasteiger partial charge in [0.25, 0.3) is 0 Å². The summed E-state index contributed by atoms with van der Waals surface area (Å²) < 4.78 is 19.0. The van der Waals surface area contributed by atoms with Gasteiger partial charge in [0.05, 0.1) is 7.11 Å². The molecule has 0 aliphatic rings. The van der Waals surface area contributed by atoms with Crippen LogP contribution in [0.1, 0.15) is 10.4 Å².